The first-order valence-electron chi connectivity index (χ1n) is 11.1. The zero-order chi connectivity index (χ0) is 22.9. The van der Waals surface area contributed by atoms with Crippen LogP contribution in [0.2, 0.25) is 0 Å². The van der Waals surface area contributed by atoms with E-state index in [4.69, 9.17) is 4.74 Å². The number of carbonyl (C=O) groups excluding carboxylic acids is 1. The zero-order valence-electron chi connectivity index (χ0n) is 18.5. The van der Waals surface area contributed by atoms with Gasteiger partial charge in [0.05, 0.1) is 17.9 Å². The number of aromatic amines is 1. The Morgan fingerprint density at radius 1 is 1.24 bits per heavy atom. The summed E-state index contributed by atoms with van der Waals surface area (Å²) in [5, 5.41) is 10.0. The zero-order valence-corrected chi connectivity index (χ0v) is 19.4. The predicted molar refractivity (Wildman–Crippen MR) is 127 cm³/mol. The van der Waals surface area contributed by atoms with Gasteiger partial charge in [-0.1, -0.05) is 30.0 Å². The van der Waals surface area contributed by atoms with Crippen LogP contribution in [0, 0.1) is 12.7 Å². The second-order valence-corrected chi connectivity index (χ2v) is 9.66. The highest BCUT2D eigenvalue weighted by Crippen LogP contribution is 2.32. The average Bonchev–Trinajstić information content (AvgIpc) is 3.53. The molecule has 2 aromatic heterocycles. The van der Waals surface area contributed by atoms with Crippen LogP contribution in [0.15, 0.2) is 53.7 Å². The Kier molecular flexibility index (Phi) is 6.03. The fourth-order valence-corrected chi connectivity index (χ4v) is 5.27. The van der Waals surface area contributed by atoms with Crippen molar-refractivity contribution in [2.75, 3.05) is 6.61 Å². The fourth-order valence-electron chi connectivity index (χ4n) is 4.35. The van der Waals surface area contributed by atoms with Gasteiger partial charge in [0.1, 0.15) is 5.82 Å². The summed E-state index contributed by atoms with van der Waals surface area (Å²) in [4.78, 5) is 16.8. The lowest BCUT2D eigenvalue weighted by Crippen LogP contribution is -2.19. The number of H-pyrrole nitrogens is 1. The molecule has 33 heavy (non-hydrogen) atoms. The van der Waals surface area contributed by atoms with Gasteiger partial charge in [-0.15, -0.1) is 10.2 Å². The molecule has 1 fully saturated rings. The number of para-hydroxylation sites is 1. The molecule has 1 aliphatic heterocycles. The molecule has 0 saturated carbocycles. The Balaban J connectivity index is 1.46. The predicted octanol–water partition coefficient (Wildman–Crippen LogP) is 5.42. The molecule has 0 bridgehead atoms. The first-order valence-corrected chi connectivity index (χ1v) is 12.0. The number of aromatic nitrogens is 4. The van der Waals surface area contributed by atoms with Crippen molar-refractivity contribution in [1.29, 1.82) is 0 Å². The number of aryl methyl sites for hydroxylation is 1. The van der Waals surface area contributed by atoms with Gasteiger partial charge in [-0.25, -0.2) is 4.39 Å². The van der Waals surface area contributed by atoms with E-state index in [2.05, 4.69) is 15.2 Å². The van der Waals surface area contributed by atoms with Crippen molar-refractivity contribution in [3.8, 4) is 11.4 Å². The molecule has 170 valence electrons. The van der Waals surface area contributed by atoms with Crippen molar-refractivity contribution in [2.24, 2.45) is 0 Å². The van der Waals surface area contributed by atoms with Crippen molar-refractivity contribution >= 4 is 28.4 Å². The second kappa shape index (κ2) is 9.11. The number of hydrogen-bond donors (Lipinski definition) is 1. The number of Topliss-reactive ketones (excluding diaryl/α,β-unsaturated/α-hetero) is 1. The molecule has 1 saturated heterocycles. The topological polar surface area (TPSA) is 72.8 Å². The summed E-state index contributed by atoms with van der Waals surface area (Å²) < 4.78 is 21.3. The normalized spacial score (nSPS) is 17.0. The SMILES string of the molecule is Cc1[nH]c2ccccc2c1C(=O)[C@H](C)Sc1nnc(-c2ccc(F)cc2)n1C[C@@H]1CCCO1. The van der Waals surface area contributed by atoms with Crippen LogP contribution in [0.5, 0.6) is 0 Å². The van der Waals surface area contributed by atoms with Crippen molar-refractivity contribution in [3.05, 3.63) is 65.6 Å². The maximum atomic E-state index is 13.5. The van der Waals surface area contributed by atoms with Gasteiger partial charge in [-0.3, -0.25) is 9.36 Å². The maximum Gasteiger partial charge on any atom is 0.192 e. The number of thioether (sulfide) groups is 1. The number of rotatable bonds is 7. The van der Waals surface area contributed by atoms with Gasteiger partial charge < -0.3 is 9.72 Å². The molecule has 6 nitrogen and oxygen atoms in total. The third kappa shape index (κ3) is 4.32. The summed E-state index contributed by atoms with van der Waals surface area (Å²) >= 11 is 1.39. The first kappa shape index (κ1) is 21.9. The van der Waals surface area contributed by atoms with Crippen LogP contribution in [0.3, 0.4) is 0 Å². The number of nitrogens with one attached hydrogen (secondary N) is 1. The summed E-state index contributed by atoms with van der Waals surface area (Å²) in [7, 11) is 0. The lowest BCUT2D eigenvalue weighted by Gasteiger charge is -2.16. The van der Waals surface area contributed by atoms with E-state index in [-0.39, 0.29) is 23.0 Å². The Bertz CT molecular complexity index is 1290. The highest BCUT2D eigenvalue weighted by atomic mass is 32.2. The minimum Gasteiger partial charge on any atom is -0.376 e. The van der Waals surface area contributed by atoms with Crippen molar-refractivity contribution in [1.82, 2.24) is 19.7 Å². The van der Waals surface area contributed by atoms with E-state index in [1.165, 1.54) is 23.9 Å². The van der Waals surface area contributed by atoms with E-state index in [0.717, 1.165) is 47.2 Å². The summed E-state index contributed by atoms with van der Waals surface area (Å²) in [5.74, 6) is 0.396. The third-order valence-corrected chi connectivity index (χ3v) is 7.10. The maximum absolute atomic E-state index is 13.5. The summed E-state index contributed by atoms with van der Waals surface area (Å²) in [6.45, 7) is 5.17. The molecule has 0 radical (unpaired) electrons. The van der Waals surface area contributed by atoms with Crippen LogP contribution in [0.25, 0.3) is 22.3 Å². The average molecular weight is 465 g/mol. The Morgan fingerprint density at radius 3 is 2.79 bits per heavy atom. The number of fused-ring (bicyclic) bond motifs is 1. The van der Waals surface area contributed by atoms with E-state index in [9.17, 15) is 9.18 Å². The van der Waals surface area contributed by atoms with Crippen LogP contribution in [-0.2, 0) is 11.3 Å². The first-order chi connectivity index (χ1) is 16.0. The van der Waals surface area contributed by atoms with Crippen LogP contribution in [0.4, 0.5) is 4.39 Å². The molecule has 1 aliphatic rings. The van der Waals surface area contributed by atoms with E-state index in [1.54, 1.807) is 12.1 Å². The number of ether oxygens (including phenoxy) is 1. The molecular formula is C25H25FN4O2S. The minimum atomic E-state index is -0.364. The van der Waals surface area contributed by atoms with Gasteiger partial charge in [0.25, 0.3) is 0 Å². The smallest absolute Gasteiger partial charge is 0.192 e. The number of benzene rings is 2. The summed E-state index contributed by atoms with van der Waals surface area (Å²) in [6.07, 6.45) is 2.06. The van der Waals surface area contributed by atoms with E-state index in [1.807, 2.05) is 42.7 Å². The van der Waals surface area contributed by atoms with Gasteiger partial charge in [-0.2, -0.15) is 0 Å². The third-order valence-electron chi connectivity index (χ3n) is 6.02. The van der Waals surface area contributed by atoms with Crippen LogP contribution in [-0.4, -0.2) is 43.5 Å². The second-order valence-electron chi connectivity index (χ2n) is 8.35. The molecule has 8 heteroatoms. The quantitative estimate of drug-likeness (QED) is 0.292. The van der Waals surface area contributed by atoms with Crippen molar-refractivity contribution < 1.29 is 13.9 Å². The standard InChI is InChI=1S/C25H25FN4O2S/c1-15-22(20-7-3-4-8-21(20)27-15)23(31)16(2)33-25-29-28-24(17-9-11-18(26)12-10-17)30(25)14-19-6-5-13-32-19/h3-4,7-12,16,19,27H,5-6,13-14H2,1-2H3/t16-,19-/m0/s1. The van der Waals surface area contributed by atoms with Crippen LogP contribution < -0.4 is 0 Å². The van der Waals surface area contributed by atoms with Gasteiger partial charge in [0, 0.05) is 34.3 Å². The summed E-state index contributed by atoms with van der Waals surface area (Å²) in [6, 6.07) is 14.1. The molecule has 0 aliphatic carbocycles. The number of halogens is 1. The van der Waals surface area contributed by atoms with Gasteiger partial charge >= 0.3 is 0 Å². The number of nitrogens with zero attached hydrogens (tertiary/aromatic N) is 3. The molecule has 2 aromatic carbocycles. The molecule has 0 amide bonds. The molecule has 0 unspecified atom stereocenters. The molecule has 0 spiro atoms. The number of ketones is 1. The van der Waals surface area contributed by atoms with E-state index >= 15 is 0 Å². The largest absolute Gasteiger partial charge is 0.376 e. The van der Waals surface area contributed by atoms with Gasteiger partial charge in [0.15, 0.2) is 16.8 Å². The Morgan fingerprint density at radius 2 is 2.03 bits per heavy atom. The fraction of sp³-hybridized carbons (Fsp3) is 0.320. The van der Waals surface area contributed by atoms with Gasteiger partial charge in [0.2, 0.25) is 0 Å². The van der Waals surface area contributed by atoms with Crippen LogP contribution >= 0.6 is 11.8 Å². The molecule has 2 atom stereocenters. The lowest BCUT2D eigenvalue weighted by molar-refractivity contribution is 0.0953. The molecule has 3 heterocycles. The molecule has 4 aromatic rings. The molecular weight excluding hydrogens is 439 g/mol. The van der Waals surface area contributed by atoms with E-state index < -0.39 is 0 Å². The number of carbonyl (C=O) groups is 1. The monoisotopic (exact) mass is 464 g/mol. The van der Waals surface area contributed by atoms with E-state index in [0.29, 0.717) is 17.5 Å². The van der Waals surface area contributed by atoms with Crippen molar-refractivity contribution in [2.45, 2.75) is 49.7 Å². The molecule has 1 N–H and O–H groups in total. The number of hydrogen-bond acceptors (Lipinski definition) is 5. The minimum absolute atomic E-state index is 0.0462. The highest BCUT2D eigenvalue weighted by Gasteiger charge is 2.27. The van der Waals surface area contributed by atoms with Crippen LogP contribution in [0.1, 0.15) is 35.8 Å². The summed E-state index contributed by atoms with van der Waals surface area (Å²) in [5.41, 5.74) is 3.31. The van der Waals surface area contributed by atoms with Crippen molar-refractivity contribution in [3.63, 3.8) is 0 Å². The van der Waals surface area contributed by atoms with Gasteiger partial charge in [-0.05, 0) is 57.0 Å². The lowest BCUT2D eigenvalue weighted by atomic mass is 10.1. The Hall–Kier alpha value is -2.97. The molecule has 5 rings (SSSR count). The Labute approximate surface area is 195 Å². The highest BCUT2D eigenvalue weighted by molar-refractivity contribution is 8.00.